The van der Waals surface area contributed by atoms with Crippen LogP contribution in [0.2, 0.25) is 5.02 Å². The molecule has 1 N–H and O–H groups in total. The van der Waals surface area contributed by atoms with Gasteiger partial charge in [-0.3, -0.25) is 4.79 Å². The molecule has 0 bridgehead atoms. The van der Waals surface area contributed by atoms with E-state index in [2.05, 4.69) is 17.2 Å². The largest absolute Gasteiger partial charge is 0.372 e. The zero-order chi connectivity index (χ0) is 13.8. The Morgan fingerprint density at radius 3 is 2.95 bits per heavy atom. The predicted molar refractivity (Wildman–Crippen MR) is 77.8 cm³/mol. The van der Waals surface area contributed by atoms with E-state index in [0.717, 1.165) is 19.4 Å². The van der Waals surface area contributed by atoms with Crippen LogP contribution in [0, 0.1) is 0 Å². The van der Waals surface area contributed by atoms with Crippen LogP contribution in [0.1, 0.15) is 43.0 Å². The van der Waals surface area contributed by atoms with Crippen molar-refractivity contribution in [1.82, 2.24) is 9.88 Å². The van der Waals surface area contributed by atoms with Crippen molar-refractivity contribution < 1.29 is 4.79 Å². The van der Waals surface area contributed by atoms with Crippen molar-refractivity contribution in [2.45, 2.75) is 38.6 Å². The fourth-order valence-corrected chi connectivity index (χ4v) is 2.74. The first kappa shape index (κ1) is 14.1. The predicted octanol–water partition coefficient (Wildman–Crippen LogP) is 3.18. The van der Waals surface area contributed by atoms with Crippen LogP contribution >= 0.6 is 11.6 Å². The Balaban J connectivity index is 2.20. The van der Waals surface area contributed by atoms with Crippen LogP contribution in [0.3, 0.4) is 0 Å². The number of anilines is 1. The molecule has 1 aliphatic heterocycles. The molecule has 1 aromatic heterocycles. The maximum atomic E-state index is 12.5. The number of pyridine rings is 1. The van der Waals surface area contributed by atoms with Gasteiger partial charge >= 0.3 is 0 Å². The van der Waals surface area contributed by atoms with Crippen LogP contribution in [0.4, 0.5) is 5.82 Å². The summed E-state index contributed by atoms with van der Waals surface area (Å²) in [6, 6.07) is 1.98. The fraction of sp³-hybridized carbons (Fsp3) is 0.571. The molecule has 1 fully saturated rings. The molecule has 1 atom stereocenters. The molecule has 2 heterocycles. The molecule has 0 saturated carbocycles. The number of hydrogen-bond acceptors (Lipinski definition) is 3. The molecule has 1 saturated heterocycles. The summed E-state index contributed by atoms with van der Waals surface area (Å²) in [7, 11) is 1.76. The van der Waals surface area contributed by atoms with Crippen molar-refractivity contribution in [2.24, 2.45) is 0 Å². The van der Waals surface area contributed by atoms with Crippen LogP contribution in [0.15, 0.2) is 12.3 Å². The lowest BCUT2D eigenvalue weighted by atomic mass is 10.1. The van der Waals surface area contributed by atoms with Gasteiger partial charge in [0.05, 0.1) is 10.6 Å². The molecular weight excluding hydrogens is 262 g/mol. The van der Waals surface area contributed by atoms with Gasteiger partial charge in [0.15, 0.2) is 0 Å². The minimum atomic E-state index is 0.0338. The number of amides is 1. The highest BCUT2D eigenvalue weighted by atomic mass is 35.5. The van der Waals surface area contributed by atoms with Crippen LogP contribution in [-0.2, 0) is 0 Å². The van der Waals surface area contributed by atoms with E-state index in [1.807, 2.05) is 4.90 Å². The number of likely N-dealkylation sites (tertiary alicyclic amines) is 1. The van der Waals surface area contributed by atoms with Gasteiger partial charge in [0, 0.05) is 25.8 Å². The monoisotopic (exact) mass is 281 g/mol. The molecule has 104 valence electrons. The molecule has 0 aliphatic carbocycles. The molecule has 5 heteroatoms. The third-order valence-electron chi connectivity index (χ3n) is 3.64. The average molecular weight is 282 g/mol. The van der Waals surface area contributed by atoms with Gasteiger partial charge in [-0.2, -0.15) is 0 Å². The van der Waals surface area contributed by atoms with Gasteiger partial charge in [-0.1, -0.05) is 24.4 Å². The van der Waals surface area contributed by atoms with E-state index in [-0.39, 0.29) is 11.9 Å². The summed E-state index contributed by atoms with van der Waals surface area (Å²) in [4.78, 5) is 18.6. The third kappa shape index (κ3) is 3.18. The van der Waals surface area contributed by atoms with E-state index in [1.165, 1.54) is 12.8 Å². The minimum absolute atomic E-state index is 0.0338. The van der Waals surface area contributed by atoms with E-state index in [1.54, 1.807) is 19.3 Å². The summed E-state index contributed by atoms with van der Waals surface area (Å²) in [6.45, 7) is 2.94. The first-order valence-electron chi connectivity index (χ1n) is 6.77. The number of nitrogens with zero attached hydrogens (tertiary/aromatic N) is 2. The van der Waals surface area contributed by atoms with Crippen molar-refractivity contribution in [3.63, 3.8) is 0 Å². The lowest BCUT2D eigenvalue weighted by molar-refractivity contribution is 0.0697. The Kier molecular flexibility index (Phi) is 4.64. The van der Waals surface area contributed by atoms with Gasteiger partial charge in [-0.25, -0.2) is 4.98 Å². The summed E-state index contributed by atoms with van der Waals surface area (Å²) < 4.78 is 0. The molecule has 1 aliphatic rings. The SMILES string of the molecule is CNc1ncc(C(=O)N2CCCCCC2C)cc1Cl. The van der Waals surface area contributed by atoms with Gasteiger partial charge in [0.1, 0.15) is 5.82 Å². The maximum absolute atomic E-state index is 12.5. The number of carbonyl (C=O) groups excluding carboxylic acids is 1. The zero-order valence-electron chi connectivity index (χ0n) is 11.4. The standard InChI is InChI=1S/C14H20ClN3O/c1-10-6-4-3-5-7-18(10)14(19)11-8-12(15)13(16-2)17-9-11/h8-10H,3-7H2,1-2H3,(H,16,17). The van der Waals surface area contributed by atoms with E-state index in [0.29, 0.717) is 16.4 Å². The summed E-state index contributed by atoms with van der Waals surface area (Å²) in [6.07, 6.45) is 6.14. The summed E-state index contributed by atoms with van der Waals surface area (Å²) in [5.74, 6) is 0.633. The Labute approximate surface area is 119 Å². The van der Waals surface area contributed by atoms with Crippen LogP contribution in [0.25, 0.3) is 0 Å². The number of rotatable bonds is 2. The molecule has 2 rings (SSSR count). The Hall–Kier alpha value is -1.29. The van der Waals surface area contributed by atoms with E-state index < -0.39 is 0 Å². The maximum Gasteiger partial charge on any atom is 0.255 e. The second-order valence-electron chi connectivity index (χ2n) is 5.00. The number of aromatic nitrogens is 1. The number of halogens is 1. The highest BCUT2D eigenvalue weighted by molar-refractivity contribution is 6.33. The molecule has 1 unspecified atom stereocenters. The highest BCUT2D eigenvalue weighted by Gasteiger charge is 2.23. The smallest absolute Gasteiger partial charge is 0.255 e. The Morgan fingerprint density at radius 1 is 1.47 bits per heavy atom. The summed E-state index contributed by atoms with van der Waals surface area (Å²) in [5.41, 5.74) is 0.567. The Morgan fingerprint density at radius 2 is 2.26 bits per heavy atom. The Bertz CT molecular complexity index is 464. The van der Waals surface area contributed by atoms with Crippen molar-refractivity contribution >= 4 is 23.3 Å². The fourth-order valence-electron chi connectivity index (χ4n) is 2.48. The van der Waals surface area contributed by atoms with Crippen molar-refractivity contribution in [3.8, 4) is 0 Å². The minimum Gasteiger partial charge on any atom is -0.372 e. The van der Waals surface area contributed by atoms with Gasteiger partial charge < -0.3 is 10.2 Å². The summed E-state index contributed by atoms with van der Waals surface area (Å²) in [5, 5.41) is 3.37. The van der Waals surface area contributed by atoms with E-state index in [4.69, 9.17) is 11.6 Å². The molecule has 0 spiro atoms. The number of carbonyl (C=O) groups is 1. The number of nitrogens with one attached hydrogen (secondary N) is 1. The molecule has 1 amide bonds. The number of hydrogen-bond donors (Lipinski definition) is 1. The second kappa shape index (κ2) is 6.24. The molecule has 1 aromatic rings. The molecule has 19 heavy (non-hydrogen) atoms. The molecule has 0 radical (unpaired) electrons. The van der Waals surface area contributed by atoms with Crippen molar-refractivity contribution in [3.05, 3.63) is 22.8 Å². The first-order chi connectivity index (χ1) is 9.13. The van der Waals surface area contributed by atoms with Crippen LogP contribution < -0.4 is 5.32 Å². The van der Waals surface area contributed by atoms with Gasteiger partial charge in [0.25, 0.3) is 5.91 Å². The normalized spacial score (nSPS) is 19.9. The third-order valence-corrected chi connectivity index (χ3v) is 3.93. The van der Waals surface area contributed by atoms with E-state index in [9.17, 15) is 4.79 Å². The first-order valence-corrected chi connectivity index (χ1v) is 7.15. The molecular formula is C14H20ClN3O. The molecule has 0 aromatic carbocycles. The van der Waals surface area contributed by atoms with Crippen molar-refractivity contribution in [2.75, 3.05) is 18.9 Å². The zero-order valence-corrected chi connectivity index (χ0v) is 12.2. The average Bonchev–Trinajstić information content (AvgIpc) is 2.62. The second-order valence-corrected chi connectivity index (χ2v) is 5.41. The quantitative estimate of drug-likeness (QED) is 0.905. The van der Waals surface area contributed by atoms with Gasteiger partial charge in [-0.15, -0.1) is 0 Å². The topological polar surface area (TPSA) is 45.2 Å². The van der Waals surface area contributed by atoms with Crippen LogP contribution in [-0.4, -0.2) is 35.4 Å². The van der Waals surface area contributed by atoms with E-state index >= 15 is 0 Å². The lowest BCUT2D eigenvalue weighted by Gasteiger charge is -2.27. The summed E-state index contributed by atoms with van der Waals surface area (Å²) >= 11 is 6.09. The molecule has 4 nitrogen and oxygen atoms in total. The van der Waals surface area contributed by atoms with Gasteiger partial charge in [0.2, 0.25) is 0 Å². The van der Waals surface area contributed by atoms with Gasteiger partial charge in [-0.05, 0) is 25.8 Å². The van der Waals surface area contributed by atoms with Crippen molar-refractivity contribution in [1.29, 1.82) is 0 Å². The van der Waals surface area contributed by atoms with Crippen LogP contribution in [0.5, 0.6) is 0 Å². The highest BCUT2D eigenvalue weighted by Crippen LogP contribution is 2.23. The lowest BCUT2D eigenvalue weighted by Crippen LogP contribution is -2.38.